The van der Waals surface area contributed by atoms with E-state index in [1.165, 1.54) is 44.1 Å². The largest absolute Gasteiger partial charge is 0.382 e. The summed E-state index contributed by atoms with van der Waals surface area (Å²) in [5, 5.41) is 0. The van der Waals surface area contributed by atoms with Crippen LogP contribution in [0.3, 0.4) is 0 Å². The normalized spacial score (nSPS) is 33.2. The van der Waals surface area contributed by atoms with Gasteiger partial charge in [-0.2, -0.15) is 0 Å². The van der Waals surface area contributed by atoms with Crippen LogP contribution in [0.25, 0.3) is 0 Å². The summed E-state index contributed by atoms with van der Waals surface area (Å²) in [7, 11) is 2.06. The van der Waals surface area contributed by atoms with Crippen molar-refractivity contribution < 1.29 is 0 Å². The fourth-order valence-corrected chi connectivity index (χ4v) is 6.67. The molecule has 1 saturated carbocycles. The average molecular weight is 424 g/mol. The molecule has 0 amide bonds. The topological polar surface area (TPSA) is 58.3 Å². The summed E-state index contributed by atoms with van der Waals surface area (Å²) in [6.07, 6.45) is 14.2. The minimum atomic E-state index is 0.401. The number of nitrogens with zero attached hydrogens (tertiary/aromatic N) is 4. The fraction of sp³-hybridized carbons (Fsp3) is 0.692. The Morgan fingerprint density at radius 3 is 2.84 bits per heavy atom. The lowest BCUT2D eigenvalue weighted by Gasteiger charge is -2.58. The van der Waals surface area contributed by atoms with Crippen LogP contribution in [0, 0.1) is 22.7 Å². The molecule has 31 heavy (non-hydrogen) atoms. The molecule has 0 aromatic carbocycles. The molecule has 1 aromatic rings. The maximum Gasteiger partial charge on any atom is 0.159 e. The van der Waals surface area contributed by atoms with Crippen molar-refractivity contribution in [2.24, 2.45) is 22.7 Å². The number of rotatable bonds is 5. The quantitative estimate of drug-likeness (QED) is 0.607. The lowest BCUT2D eigenvalue weighted by atomic mass is 9.47. The predicted octanol–water partition coefficient (Wildman–Crippen LogP) is 5.80. The Morgan fingerprint density at radius 2 is 2.06 bits per heavy atom. The van der Waals surface area contributed by atoms with Gasteiger partial charge in [0.05, 0.1) is 6.67 Å². The van der Waals surface area contributed by atoms with Gasteiger partial charge in [-0.05, 0) is 75.0 Å². The van der Waals surface area contributed by atoms with Gasteiger partial charge < -0.3 is 15.5 Å². The molecule has 1 aromatic heterocycles. The van der Waals surface area contributed by atoms with Crippen molar-refractivity contribution in [3.63, 3.8) is 0 Å². The average Bonchev–Trinajstić information content (AvgIpc) is 3.07. The van der Waals surface area contributed by atoms with Gasteiger partial charge in [0.1, 0.15) is 12.0 Å². The third kappa shape index (κ3) is 3.74. The summed E-state index contributed by atoms with van der Waals surface area (Å²) < 4.78 is 0. The van der Waals surface area contributed by atoms with E-state index in [9.17, 15) is 0 Å². The van der Waals surface area contributed by atoms with Crippen LogP contribution in [0.1, 0.15) is 73.1 Å². The Hall–Kier alpha value is -2.04. The molecule has 0 saturated heterocycles. The highest BCUT2D eigenvalue weighted by atomic mass is 15.4. The zero-order valence-electron chi connectivity index (χ0n) is 20.4. The number of anilines is 3. The second-order valence-corrected chi connectivity index (χ2v) is 10.9. The number of fused-ring (bicyclic) bond motifs is 2. The molecular formula is C26H41N5. The van der Waals surface area contributed by atoms with E-state index in [0.717, 1.165) is 36.6 Å². The number of nitrogens with two attached hydrogens (primary N) is 1. The number of hydrogen-bond donors (Lipinski definition) is 1. The Bertz CT molecular complexity index is 890. The van der Waals surface area contributed by atoms with Gasteiger partial charge in [0.25, 0.3) is 0 Å². The molecule has 3 aliphatic rings. The van der Waals surface area contributed by atoms with E-state index in [-0.39, 0.29) is 0 Å². The van der Waals surface area contributed by atoms with Crippen LogP contribution >= 0.6 is 0 Å². The van der Waals surface area contributed by atoms with E-state index >= 15 is 0 Å². The Balaban J connectivity index is 1.44. The Kier molecular flexibility index (Phi) is 5.82. The molecule has 0 unspecified atom stereocenters. The SMILES string of the molecule is CC(=CCN1CN(C)c2ncnc(N)c21)CC[C@]1(C)[C@@H](C)CC[C@@]2(C)C(C)=CCC[C@@H]12. The zero-order valence-corrected chi connectivity index (χ0v) is 20.4. The van der Waals surface area contributed by atoms with E-state index in [1.54, 1.807) is 11.9 Å². The van der Waals surface area contributed by atoms with Gasteiger partial charge in [0.2, 0.25) is 0 Å². The Morgan fingerprint density at radius 1 is 1.29 bits per heavy atom. The maximum atomic E-state index is 6.16. The molecular weight excluding hydrogens is 382 g/mol. The van der Waals surface area contributed by atoms with Gasteiger partial charge in [-0.3, -0.25) is 0 Å². The third-order valence-electron chi connectivity index (χ3n) is 9.20. The van der Waals surface area contributed by atoms with Crippen LogP contribution in [0.5, 0.6) is 0 Å². The van der Waals surface area contributed by atoms with Gasteiger partial charge >= 0.3 is 0 Å². The van der Waals surface area contributed by atoms with Gasteiger partial charge in [0.15, 0.2) is 11.6 Å². The molecule has 0 spiro atoms. The Labute approximate surface area is 188 Å². The first-order chi connectivity index (χ1) is 14.7. The van der Waals surface area contributed by atoms with Gasteiger partial charge in [-0.1, -0.05) is 44.1 Å². The molecule has 5 nitrogen and oxygen atoms in total. The van der Waals surface area contributed by atoms with Crippen LogP contribution in [-0.4, -0.2) is 30.2 Å². The number of hydrogen-bond acceptors (Lipinski definition) is 5. The van der Waals surface area contributed by atoms with Crippen LogP contribution in [0.15, 0.2) is 29.6 Å². The molecule has 4 atom stereocenters. The third-order valence-corrected chi connectivity index (χ3v) is 9.20. The molecule has 0 radical (unpaired) electrons. The highest BCUT2D eigenvalue weighted by Gasteiger charge is 2.52. The van der Waals surface area contributed by atoms with Crippen molar-refractivity contribution in [3.8, 4) is 0 Å². The van der Waals surface area contributed by atoms with E-state index in [0.29, 0.717) is 16.6 Å². The van der Waals surface area contributed by atoms with Gasteiger partial charge in [-0.15, -0.1) is 0 Å². The molecule has 0 bridgehead atoms. The molecule has 2 aliphatic carbocycles. The van der Waals surface area contributed by atoms with Gasteiger partial charge in [-0.25, -0.2) is 9.97 Å². The lowest BCUT2D eigenvalue weighted by Crippen LogP contribution is -2.49. The zero-order chi connectivity index (χ0) is 22.4. The fourth-order valence-electron chi connectivity index (χ4n) is 6.67. The maximum absolute atomic E-state index is 6.16. The van der Waals surface area contributed by atoms with Crippen molar-refractivity contribution in [2.45, 2.75) is 73.1 Å². The van der Waals surface area contributed by atoms with Crippen LogP contribution in [0.2, 0.25) is 0 Å². The molecule has 1 fully saturated rings. The molecule has 2 N–H and O–H groups in total. The monoisotopic (exact) mass is 423 g/mol. The molecule has 5 heteroatoms. The first kappa shape index (κ1) is 22.2. The van der Waals surface area contributed by atoms with E-state index in [2.05, 4.69) is 73.6 Å². The molecule has 1 aliphatic heterocycles. The van der Waals surface area contributed by atoms with Crippen LogP contribution in [0.4, 0.5) is 17.3 Å². The molecule has 4 rings (SSSR count). The van der Waals surface area contributed by atoms with E-state index < -0.39 is 0 Å². The standard InChI is InChI=1S/C26H41N5/c1-18(12-15-31-17-30(6)24-22(31)23(27)28-16-29-24)10-13-25(4)20(3)11-14-26(5)19(2)8-7-9-21(25)26/h8,12,16,20-21H,7,9-11,13-15,17H2,1-6H3,(H2,27,28,29)/t20-,21-,25+,26-/m0/s1. The minimum Gasteiger partial charge on any atom is -0.382 e. The van der Waals surface area contributed by atoms with Crippen LogP contribution < -0.4 is 15.5 Å². The summed E-state index contributed by atoms with van der Waals surface area (Å²) in [5.74, 6) is 3.10. The lowest BCUT2D eigenvalue weighted by molar-refractivity contribution is -0.0466. The van der Waals surface area contributed by atoms with Gasteiger partial charge in [0, 0.05) is 13.6 Å². The van der Waals surface area contributed by atoms with Crippen molar-refractivity contribution in [1.29, 1.82) is 0 Å². The number of aromatic nitrogens is 2. The van der Waals surface area contributed by atoms with Crippen molar-refractivity contribution in [2.75, 3.05) is 35.8 Å². The summed E-state index contributed by atoms with van der Waals surface area (Å²) in [4.78, 5) is 13.0. The molecule has 170 valence electrons. The van der Waals surface area contributed by atoms with Crippen molar-refractivity contribution in [3.05, 3.63) is 29.6 Å². The number of nitrogen functional groups attached to an aromatic ring is 1. The predicted molar refractivity (Wildman–Crippen MR) is 131 cm³/mol. The summed E-state index contributed by atoms with van der Waals surface area (Å²) >= 11 is 0. The highest BCUT2D eigenvalue weighted by Crippen LogP contribution is 2.61. The van der Waals surface area contributed by atoms with E-state index in [4.69, 9.17) is 5.73 Å². The second kappa shape index (κ2) is 8.14. The van der Waals surface area contributed by atoms with Crippen molar-refractivity contribution in [1.82, 2.24) is 9.97 Å². The second-order valence-electron chi connectivity index (χ2n) is 10.9. The minimum absolute atomic E-state index is 0.401. The van der Waals surface area contributed by atoms with E-state index in [1.807, 2.05) is 0 Å². The summed E-state index contributed by atoms with van der Waals surface area (Å²) in [5.41, 5.74) is 11.1. The first-order valence-corrected chi connectivity index (χ1v) is 12.1. The highest BCUT2D eigenvalue weighted by molar-refractivity contribution is 5.81. The first-order valence-electron chi connectivity index (χ1n) is 12.1. The summed E-state index contributed by atoms with van der Waals surface area (Å²) in [6.45, 7) is 14.0. The van der Waals surface area contributed by atoms with Crippen LogP contribution in [-0.2, 0) is 0 Å². The smallest absolute Gasteiger partial charge is 0.159 e. The summed E-state index contributed by atoms with van der Waals surface area (Å²) in [6, 6.07) is 0. The number of allylic oxidation sites excluding steroid dienone is 3. The molecule has 2 heterocycles. The van der Waals surface area contributed by atoms with Crippen molar-refractivity contribution >= 4 is 17.3 Å².